The van der Waals surface area contributed by atoms with Crippen LogP contribution in [0, 0.1) is 11.3 Å². The van der Waals surface area contributed by atoms with Crippen LogP contribution in [0.2, 0.25) is 0 Å². The maximum Gasteiger partial charge on any atom is 0.490 e. The second-order valence-corrected chi connectivity index (χ2v) is 7.71. The predicted octanol–water partition coefficient (Wildman–Crippen LogP) is 1.56. The van der Waals surface area contributed by atoms with E-state index in [1.54, 1.807) is 7.11 Å². The fourth-order valence-electron chi connectivity index (χ4n) is 3.44. The standard InChI is InChI=1S/C16H23N3O3.2C2HF3O2/c1-21-7-6-18-15(20)16-11-19(8-13(16)10-22-12-16)9-14-4-2-3-5-17-14;2*3-2(4,5)1(6)7/h2-5,13H,6-12H2,1H3,(H,18,20);2*(H,6,7)/t13-,16-;;/m1../s1. The second kappa shape index (κ2) is 13.4. The summed E-state index contributed by atoms with van der Waals surface area (Å²) < 4.78 is 74.1. The zero-order valence-electron chi connectivity index (χ0n) is 18.9. The number of carbonyl (C=O) groups excluding carboxylic acids is 1. The van der Waals surface area contributed by atoms with Gasteiger partial charge in [0, 0.05) is 45.4 Å². The summed E-state index contributed by atoms with van der Waals surface area (Å²) in [6.07, 6.45) is -8.36. The van der Waals surface area contributed by atoms with E-state index in [1.165, 1.54) is 0 Å². The lowest BCUT2D eigenvalue weighted by molar-refractivity contribution is -0.193. The monoisotopic (exact) mass is 533 g/mol. The van der Waals surface area contributed by atoms with Crippen molar-refractivity contribution < 1.29 is 60.4 Å². The third-order valence-electron chi connectivity index (χ3n) is 5.09. The molecule has 0 spiro atoms. The van der Waals surface area contributed by atoms with Crippen LogP contribution in [0.5, 0.6) is 0 Å². The Morgan fingerprint density at radius 3 is 2.22 bits per heavy atom. The number of alkyl halides is 6. The van der Waals surface area contributed by atoms with Gasteiger partial charge in [0.2, 0.25) is 5.91 Å². The maximum absolute atomic E-state index is 12.6. The molecule has 3 heterocycles. The molecule has 0 unspecified atom stereocenters. The Bertz CT molecular complexity index is 846. The number of likely N-dealkylation sites (tertiary alicyclic amines) is 1. The number of nitrogens with zero attached hydrogens (tertiary/aromatic N) is 2. The first-order chi connectivity index (χ1) is 16.6. The number of aliphatic carboxylic acids is 2. The third kappa shape index (κ3) is 9.58. The van der Waals surface area contributed by atoms with E-state index in [0.29, 0.717) is 26.4 Å². The van der Waals surface area contributed by atoms with E-state index in [0.717, 1.165) is 25.3 Å². The smallest absolute Gasteiger partial charge is 0.475 e. The quantitative estimate of drug-likeness (QED) is 0.367. The van der Waals surface area contributed by atoms with Crippen LogP contribution in [0.3, 0.4) is 0 Å². The highest BCUT2D eigenvalue weighted by Gasteiger charge is 2.55. The van der Waals surface area contributed by atoms with Crippen molar-refractivity contribution in [2.45, 2.75) is 18.9 Å². The van der Waals surface area contributed by atoms with Crippen molar-refractivity contribution >= 4 is 17.8 Å². The van der Waals surface area contributed by atoms with Crippen LogP contribution in [0.1, 0.15) is 5.69 Å². The molecule has 2 atom stereocenters. The maximum atomic E-state index is 12.6. The topological polar surface area (TPSA) is 138 Å². The van der Waals surface area contributed by atoms with Crippen LogP contribution in [0.15, 0.2) is 24.4 Å². The Balaban J connectivity index is 0.000000383. The number of fused-ring (bicyclic) bond motifs is 1. The average molecular weight is 533 g/mol. The number of hydrogen-bond acceptors (Lipinski definition) is 7. The van der Waals surface area contributed by atoms with Gasteiger partial charge in [-0.05, 0) is 12.1 Å². The molecule has 1 aromatic rings. The fraction of sp³-hybridized carbons (Fsp3) is 0.600. The van der Waals surface area contributed by atoms with E-state index in [1.807, 2.05) is 24.4 Å². The van der Waals surface area contributed by atoms with Gasteiger partial charge < -0.3 is 25.0 Å². The molecule has 2 aliphatic heterocycles. The highest BCUT2D eigenvalue weighted by Crippen LogP contribution is 2.41. The lowest BCUT2D eigenvalue weighted by Gasteiger charge is -2.26. The van der Waals surface area contributed by atoms with Gasteiger partial charge in [-0.1, -0.05) is 6.07 Å². The summed E-state index contributed by atoms with van der Waals surface area (Å²) in [5.74, 6) is -5.16. The summed E-state index contributed by atoms with van der Waals surface area (Å²) in [4.78, 5) is 37.1. The van der Waals surface area contributed by atoms with E-state index < -0.39 is 29.7 Å². The summed E-state index contributed by atoms with van der Waals surface area (Å²) in [6, 6.07) is 5.94. The van der Waals surface area contributed by atoms with Crippen LogP contribution >= 0.6 is 0 Å². The zero-order chi connectivity index (χ0) is 27.6. The fourth-order valence-corrected chi connectivity index (χ4v) is 3.44. The number of halogens is 6. The molecule has 0 bridgehead atoms. The molecular weight excluding hydrogens is 508 g/mol. The number of amides is 1. The van der Waals surface area contributed by atoms with Gasteiger partial charge in [-0.25, -0.2) is 9.59 Å². The van der Waals surface area contributed by atoms with Crippen LogP contribution in [-0.4, -0.2) is 96.9 Å². The SMILES string of the molecule is COCCNC(=O)[C@]12COC[C@H]1CN(Cc1ccccn1)C2.O=C(O)C(F)(F)F.O=C(O)C(F)(F)F. The molecule has 2 saturated heterocycles. The lowest BCUT2D eigenvalue weighted by atomic mass is 9.80. The van der Waals surface area contributed by atoms with Gasteiger partial charge in [0.1, 0.15) is 0 Å². The number of pyridine rings is 1. The van der Waals surface area contributed by atoms with Gasteiger partial charge in [0.05, 0.1) is 30.9 Å². The van der Waals surface area contributed by atoms with Crippen molar-refractivity contribution in [2.24, 2.45) is 11.3 Å². The lowest BCUT2D eigenvalue weighted by Crippen LogP contribution is -2.47. The highest BCUT2D eigenvalue weighted by atomic mass is 19.4. The molecule has 1 amide bonds. The van der Waals surface area contributed by atoms with Gasteiger partial charge in [0.15, 0.2) is 0 Å². The van der Waals surface area contributed by atoms with Gasteiger partial charge in [-0.3, -0.25) is 14.7 Å². The Labute approximate surface area is 201 Å². The summed E-state index contributed by atoms with van der Waals surface area (Å²) >= 11 is 0. The molecule has 10 nitrogen and oxygen atoms in total. The van der Waals surface area contributed by atoms with Crippen molar-refractivity contribution in [3.05, 3.63) is 30.1 Å². The number of carboxylic acid groups (broad SMARTS) is 2. The van der Waals surface area contributed by atoms with Gasteiger partial charge >= 0.3 is 24.3 Å². The molecule has 0 aromatic carbocycles. The van der Waals surface area contributed by atoms with Crippen molar-refractivity contribution in [3.8, 4) is 0 Å². The molecular formula is C20H25F6N3O7. The van der Waals surface area contributed by atoms with Crippen molar-refractivity contribution in [1.29, 1.82) is 0 Å². The minimum Gasteiger partial charge on any atom is -0.475 e. The Morgan fingerprint density at radius 1 is 1.17 bits per heavy atom. The molecule has 3 rings (SSSR count). The van der Waals surface area contributed by atoms with Crippen LogP contribution < -0.4 is 5.32 Å². The number of nitrogens with one attached hydrogen (secondary N) is 1. The number of ether oxygens (including phenoxy) is 2. The average Bonchev–Trinajstić information content (AvgIpc) is 3.32. The molecule has 1 aromatic heterocycles. The number of hydrogen-bond donors (Lipinski definition) is 3. The minimum atomic E-state index is -5.08. The molecule has 0 aliphatic carbocycles. The first kappa shape index (κ1) is 31.1. The van der Waals surface area contributed by atoms with Crippen LogP contribution in [0.4, 0.5) is 26.3 Å². The molecule has 16 heteroatoms. The van der Waals surface area contributed by atoms with Crippen LogP contribution in [-0.2, 0) is 30.4 Å². The van der Waals surface area contributed by atoms with Crippen molar-refractivity contribution in [1.82, 2.24) is 15.2 Å². The number of carbonyl (C=O) groups is 3. The first-order valence-electron chi connectivity index (χ1n) is 10.2. The third-order valence-corrected chi connectivity index (χ3v) is 5.09. The van der Waals surface area contributed by atoms with Crippen molar-refractivity contribution in [3.63, 3.8) is 0 Å². The predicted molar refractivity (Wildman–Crippen MR) is 109 cm³/mol. The summed E-state index contributed by atoms with van der Waals surface area (Å²) in [6.45, 7) is 4.65. The summed E-state index contributed by atoms with van der Waals surface area (Å²) in [7, 11) is 1.64. The van der Waals surface area contributed by atoms with Crippen molar-refractivity contribution in [2.75, 3.05) is 46.6 Å². The molecule has 2 aliphatic rings. The molecule has 2 fully saturated rings. The molecule has 36 heavy (non-hydrogen) atoms. The number of rotatable bonds is 6. The number of carboxylic acids is 2. The summed E-state index contributed by atoms with van der Waals surface area (Å²) in [5, 5.41) is 17.2. The first-order valence-corrected chi connectivity index (χ1v) is 10.2. The van der Waals surface area contributed by atoms with E-state index in [9.17, 15) is 31.1 Å². The van der Waals surface area contributed by atoms with E-state index >= 15 is 0 Å². The number of aromatic nitrogens is 1. The van der Waals surface area contributed by atoms with Gasteiger partial charge in [-0.15, -0.1) is 0 Å². The van der Waals surface area contributed by atoms with E-state index in [2.05, 4.69) is 15.2 Å². The highest BCUT2D eigenvalue weighted by molar-refractivity contribution is 5.84. The Hall–Kier alpha value is -2.98. The normalized spacial score (nSPS) is 21.4. The Morgan fingerprint density at radius 2 is 1.75 bits per heavy atom. The van der Waals surface area contributed by atoms with E-state index in [4.69, 9.17) is 29.3 Å². The molecule has 3 N–H and O–H groups in total. The Kier molecular flexibility index (Phi) is 11.5. The summed E-state index contributed by atoms with van der Waals surface area (Å²) in [5.41, 5.74) is 0.626. The van der Waals surface area contributed by atoms with Crippen LogP contribution in [0.25, 0.3) is 0 Å². The molecule has 204 valence electrons. The minimum absolute atomic E-state index is 0.0931. The van der Waals surface area contributed by atoms with E-state index in [-0.39, 0.29) is 11.8 Å². The second-order valence-electron chi connectivity index (χ2n) is 7.71. The van der Waals surface area contributed by atoms with Gasteiger partial charge in [-0.2, -0.15) is 26.3 Å². The number of methoxy groups -OCH3 is 1. The van der Waals surface area contributed by atoms with Gasteiger partial charge in [0.25, 0.3) is 0 Å². The zero-order valence-corrected chi connectivity index (χ0v) is 18.9. The largest absolute Gasteiger partial charge is 0.490 e. The molecule has 0 saturated carbocycles. The molecule has 0 radical (unpaired) electrons.